The van der Waals surface area contributed by atoms with Crippen molar-refractivity contribution in [2.75, 3.05) is 31.0 Å². The molecule has 1 heterocycles. The molecule has 0 saturated carbocycles. The number of nitrogens with zero attached hydrogens (tertiary/aromatic N) is 4. The highest BCUT2D eigenvalue weighted by molar-refractivity contribution is 6.32. The Kier molecular flexibility index (Phi) is 7.50. The summed E-state index contributed by atoms with van der Waals surface area (Å²) in [5.74, 6) is -6.13. The molecule has 2 amide bonds. The zero-order chi connectivity index (χ0) is 34.2. The van der Waals surface area contributed by atoms with Crippen LogP contribution in [0.4, 0.5) is 22.7 Å². The Morgan fingerprint density at radius 3 is 2.21 bits per heavy atom. The second kappa shape index (κ2) is 11.2. The monoisotopic (exact) mass is 662 g/mol. The number of allylic oxidation sites excluding steroid dienone is 6. The zero-order valence-electron chi connectivity index (χ0n) is 25.5. The number of aromatic hydroxyl groups is 1. The van der Waals surface area contributed by atoms with Gasteiger partial charge in [-0.25, -0.2) is 4.90 Å². The van der Waals surface area contributed by atoms with Crippen LogP contribution in [0.5, 0.6) is 11.5 Å². The number of hydrogen-bond donors (Lipinski definition) is 1. The molecule has 4 atom stereocenters. The van der Waals surface area contributed by atoms with Gasteiger partial charge < -0.3 is 14.7 Å². The number of carbonyl (C=O) groups is 4. The molecular formula is C32H27ClN4O10. The smallest absolute Gasteiger partial charge is 0.301 e. The Morgan fingerprint density at radius 1 is 1.00 bits per heavy atom. The number of halogens is 1. The van der Waals surface area contributed by atoms with Gasteiger partial charge in [-0.15, -0.1) is 0 Å². The van der Waals surface area contributed by atoms with Gasteiger partial charge in [0.1, 0.15) is 0 Å². The van der Waals surface area contributed by atoms with E-state index in [0.29, 0.717) is 11.1 Å². The van der Waals surface area contributed by atoms with E-state index in [9.17, 15) is 44.5 Å². The first-order valence-electron chi connectivity index (χ1n) is 14.5. The number of fused-ring (bicyclic) bond motifs is 3. The number of methoxy groups -OCH3 is 1. The Balaban J connectivity index is 1.50. The normalized spacial score (nSPS) is 23.6. The van der Waals surface area contributed by atoms with Crippen molar-refractivity contribution in [1.82, 2.24) is 0 Å². The number of hydrogen-bond acceptors (Lipinski definition) is 11. The number of imide groups is 1. The molecule has 47 heavy (non-hydrogen) atoms. The van der Waals surface area contributed by atoms with Gasteiger partial charge in [0.25, 0.3) is 0 Å². The molecule has 0 aromatic heterocycles. The van der Waals surface area contributed by atoms with E-state index in [-0.39, 0.29) is 63.2 Å². The molecule has 14 nitrogen and oxygen atoms in total. The molecule has 0 unspecified atom stereocenters. The predicted molar refractivity (Wildman–Crippen MR) is 168 cm³/mol. The molecule has 1 N–H and O–H groups in total. The third-order valence-corrected chi connectivity index (χ3v) is 9.61. The Bertz CT molecular complexity index is 1930. The first-order valence-corrected chi connectivity index (χ1v) is 14.8. The summed E-state index contributed by atoms with van der Waals surface area (Å²) in [5, 5.41) is 34.3. The van der Waals surface area contributed by atoms with Crippen LogP contribution in [0.1, 0.15) is 31.2 Å². The Labute approximate surface area is 271 Å². The number of Topliss-reactive ketones (excluding diaryl/α,β-unsaturated/α-hetero) is 1. The number of amides is 2. The van der Waals surface area contributed by atoms with Crippen molar-refractivity contribution in [3.05, 3.63) is 89.5 Å². The number of carbonyl (C=O) groups excluding carboxylic acids is 4. The second-order valence-electron chi connectivity index (χ2n) is 12.0. The van der Waals surface area contributed by atoms with Gasteiger partial charge in [0.2, 0.25) is 11.8 Å². The molecule has 1 saturated heterocycles. The van der Waals surface area contributed by atoms with Crippen LogP contribution in [0.3, 0.4) is 0 Å². The molecule has 6 rings (SSSR count). The molecule has 15 heteroatoms. The minimum Gasteiger partial charge on any atom is -0.503 e. The van der Waals surface area contributed by atoms with Gasteiger partial charge in [-0.2, -0.15) is 0 Å². The summed E-state index contributed by atoms with van der Waals surface area (Å²) >= 11 is 6.34. The van der Waals surface area contributed by atoms with Crippen LogP contribution in [0.15, 0.2) is 58.7 Å². The quantitative estimate of drug-likeness (QED) is 0.150. The summed E-state index contributed by atoms with van der Waals surface area (Å²) in [6, 6.07) is 4.88. The first kappa shape index (κ1) is 31.6. The van der Waals surface area contributed by atoms with Gasteiger partial charge >= 0.3 is 11.4 Å². The summed E-state index contributed by atoms with van der Waals surface area (Å²) in [5.41, 5.74) is -0.331. The molecule has 2 aromatic carbocycles. The molecule has 1 fully saturated rings. The lowest BCUT2D eigenvalue weighted by Gasteiger charge is -2.42. The number of phenolic OH excluding ortho intramolecular Hbond substituents is 1. The topological polar surface area (TPSA) is 190 Å². The van der Waals surface area contributed by atoms with E-state index in [1.165, 1.54) is 51.2 Å². The summed E-state index contributed by atoms with van der Waals surface area (Å²) in [6.45, 7) is 1.51. The van der Waals surface area contributed by atoms with E-state index in [4.69, 9.17) is 16.3 Å². The standard InChI is InChI=1S/C32H27ClN4O10/c1-13-7-23(38)27-19(29(13)39)12-18-16(25(27)14-8-20(33)30(40)24(9-14)47-4)5-6-17-26(18)32(42)35(31(17)41)15-10-21(36(43)44)28(34(2)3)22(11-15)37(45)46/h5,7-11,17-18,25-26,40H,6,12H2,1-4H3/t17-,18+,25-,26-/m0/s1. The summed E-state index contributed by atoms with van der Waals surface area (Å²) in [6.07, 6.45) is 3.02. The lowest BCUT2D eigenvalue weighted by atomic mass is 9.59. The highest BCUT2D eigenvalue weighted by Crippen LogP contribution is 2.56. The molecule has 0 bridgehead atoms. The number of anilines is 2. The van der Waals surface area contributed by atoms with Crippen LogP contribution in [0, 0.1) is 38.0 Å². The van der Waals surface area contributed by atoms with Gasteiger partial charge in [-0.05, 0) is 49.5 Å². The number of rotatable bonds is 6. The van der Waals surface area contributed by atoms with E-state index >= 15 is 0 Å². The van der Waals surface area contributed by atoms with Gasteiger partial charge in [-0.1, -0.05) is 23.3 Å². The van der Waals surface area contributed by atoms with Crippen molar-refractivity contribution in [2.45, 2.75) is 25.7 Å². The number of nitro groups is 2. The van der Waals surface area contributed by atoms with Gasteiger partial charge in [0, 0.05) is 48.9 Å². The molecule has 0 spiro atoms. The van der Waals surface area contributed by atoms with Crippen molar-refractivity contribution in [3.8, 4) is 11.5 Å². The maximum absolute atomic E-state index is 14.3. The van der Waals surface area contributed by atoms with Crippen molar-refractivity contribution in [1.29, 1.82) is 0 Å². The van der Waals surface area contributed by atoms with Gasteiger partial charge in [-0.3, -0.25) is 39.4 Å². The number of ketones is 2. The fraction of sp³-hybridized carbons (Fsp3) is 0.312. The van der Waals surface area contributed by atoms with E-state index in [1.54, 1.807) is 6.08 Å². The SMILES string of the molecule is COc1cc([C@H]2C3=CC[C@@H]4C(=O)N(c5cc([N+](=O)[O-])c(N(C)C)c([N+](=O)[O-])c5)C(=O)[C@@H]4[C@@H]3CC3=C2C(=O)C=C(C)C3=O)cc(Cl)c1O. The lowest BCUT2D eigenvalue weighted by molar-refractivity contribution is -0.392. The molecule has 0 radical (unpaired) electrons. The van der Waals surface area contributed by atoms with Crippen molar-refractivity contribution in [3.63, 3.8) is 0 Å². The lowest BCUT2D eigenvalue weighted by Crippen LogP contribution is -2.39. The molecule has 1 aliphatic heterocycles. The predicted octanol–water partition coefficient (Wildman–Crippen LogP) is 4.57. The Morgan fingerprint density at radius 2 is 1.64 bits per heavy atom. The number of benzene rings is 2. The van der Waals surface area contributed by atoms with Crippen LogP contribution in [-0.2, 0) is 19.2 Å². The molecular weight excluding hydrogens is 636 g/mol. The number of nitro benzene ring substituents is 2. The van der Waals surface area contributed by atoms with E-state index in [0.717, 1.165) is 17.0 Å². The minimum atomic E-state index is -1.05. The molecule has 242 valence electrons. The maximum atomic E-state index is 14.3. The largest absolute Gasteiger partial charge is 0.503 e. The zero-order valence-corrected chi connectivity index (χ0v) is 26.2. The number of phenols is 1. The highest BCUT2D eigenvalue weighted by Gasteiger charge is 2.57. The summed E-state index contributed by atoms with van der Waals surface area (Å²) in [4.78, 5) is 79.5. The van der Waals surface area contributed by atoms with Crippen molar-refractivity contribution >= 4 is 57.7 Å². The first-order chi connectivity index (χ1) is 22.2. The molecule has 2 aromatic rings. The summed E-state index contributed by atoms with van der Waals surface area (Å²) < 4.78 is 5.30. The van der Waals surface area contributed by atoms with E-state index < -0.39 is 62.5 Å². The van der Waals surface area contributed by atoms with E-state index in [2.05, 4.69) is 0 Å². The van der Waals surface area contributed by atoms with Crippen molar-refractivity contribution in [2.24, 2.45) is 17.8 Å². The maximum Gasteiger partial charge on any atom is 0.301 e. The van der Waals surface area contributed by atoms with Crippen LogP contribution in [-0.4, -0.2) is 59.5 Å². The fourth-order valence-corrected chi connectivity index (χ4v) is 7.61. The van der Waals surface area contributed by atoms with Crippen LogP contribution in [0.2, 0.25) is 5.02 Å². The molecule has 3 aliphatic carbocycles. The Hall–Kier alpha value is -5.37. The highest BCUT2D eigenvalue weighted by atomic mass is 35.5. The fourth-order valence-electron chi connectivity index (χ4n) is 7.39. The molecule has 4 aliphatic rings. The van der Waals surface area contributed by atoms with Crippen LogP contribution < -0.4 is 14.5 Å². The third kappa shape index (κ3) is 4.70. The minimum absolute atomic E-state index is 0.0232. The summed E-state index contributed by atoms with van der Waals surface area (Å²) in [7, 11) is 4.12. The van der Waals surface area contributed by atoms with Gasteiger partial charge in [0.15, 0.2) is 28.8 Å². The average molecular weight is 663 g/mol. The van der Waals surface area contributed by atoms with Crippen LogP contribution >= 0.6 is 11.6 Å². The van der Waals surface area contributed by atoms with E-state index in [1.807, 2.05) is 0 Å². The second-order valence-corrected chi connectivity index (χ2v) is 12.4. The third-order valence-electron chi connectivity index (χ3n) is 9.32. The van der Waals surface area contributed by atoms with Crippen molar-refractivity contribution < 1.29 is 38.9 Å². The average Bonchev–Trinajstić information content (AvgIpc) is 3.28. The van der Waals surface area contributed by atoms with Crippen LogP contribution in [0.25, 0.3) is 0 Å². The van der Waals surface area contributed by atoms with Gasteiger partial charge in [0.05, 0.1) is 39.5 Å². The number of ether oxygens (including phenoxy) is 1.